The van der Waals surface area contributed by atoms with E-state index in [1.165, 1.54) is 43.2 Å². The molecule has 3 aromatic rings. The van der Waals surface area contributed by atoms with Crippen molar-refractivity contribution in [3.63, 3.8) is 0 Å². The van der Waals surface area contributed by atoms with Crippen LogP contribution in [0.25, 0.3) is 5.69 Å². The summed E-state index contributed by atoms with van der Waals surface area (Å²) in [6, 6.07) is 10.7. The van der Waals surface area contributed by atoms with Crippen LogP contribution < -0.4 is 14.8 Å². The lowest BCUT2D eigenvalue weighted by Crippen LogP contribution is -2.18. The van der Waals surface area contributed by atoms with Gasteiger partial charge in [-0.1, -0.05) is 6.07 Å². The lowest BCUT2D eigenvalue weighted by molar-refractivity contribution is -0.115. The van der Waals surface area contributed by atoms with Gasteiger partial charge in [0.15, 0.2) is 21.3 Å². The van der Waals surface area contributed by atoms with Crippen molar-refractivity contribution in [3.8, 4) is 17.2 Å². The van der Waals surface area contributed by atoms with E-state index in [1.807, 2.05) is 0 Å². The first kappa shape index (κ1) is 20.9. The molecule has 4 rings (SSSR count). The van der Waals surface area contributed by atoms with Crippen LogP contribution in [0.2, 0.25) is 0 Å². The Morgan fingerprint density at radius 1 is 1.10 bits per heavy atom. The van der Waals surface area contributed by atoms with Crippen LogP contribution in [-0.2, 0) is 32.6 Å². The second-order valence-corrected chi connectivity index (χ2v) is 9.17. The number of halogens is 1. The highest BCUT2D eigenvalue weighted by Gasteiger charge is 2.33. The Kier molecular flexibility index (Phi) is 5.40. The van der Waals surface area contributed by atoms with E-state index >= 15 is 0 Å². The third kappa shape index (κ3) is 4.24. The molecule has 0 atom stereocenters. The number of sulfone groups is 1. The van der Waals surface area contributed by atoms with Crippen LogP contribution in [0.5, 0.6) is 11.5 Å². The third-order valence-electron chi connectivity index (χ3n) is 4.93. The molecule has 0 saturated heterocycles. The first-order valence-electron chi connectivity index (χ1n) is 9.37. The largest absolute Gasteiger partial charge is 0.493 e. The number of nitrogens with zero attached hydrogens (tertiary/aromatic N) is 2. The molecule has 1 amide bonds. The van der Waals surface area contributed by atoms with Crippen LogP contribution in [0.4, 0.5) is 10.2 Å². The molecule has 1 aromatic heterocycles. The van der Waals surface area contributed by atoms with Crippen molar-refractivity contribution >= 4 is 21.6 Å². The fourth-order valence-electron chi connectivity index (χ4n) is 3.49. The Balaban J connectivity index is 1.64. The first-order valence-corrected chi connectivity index (χ1v) is 11.2. The number of hydrogen-bond acceptors (Lipinski definition) is 6. The van der Waals surface area contributed by atoms with Gasteiger partial charge in [0.2, 0.25) is 5.91 Å². The lowest BCUT2D eigenvalue weighted by Gasteiger charge is -2.12. The summed E-state index contributed by atoms with van der Waals surface area (Å²) in [5.41, 5.74) is 2.03. The fourth-order valence-corrected chi connectivity index (χ4v) is 4.99. The van der Waals surface area contributed by atoms with E-state index in [1.54, 1.807) is 18.2 Å². The van der Waals surface area contributed by atoms with Crippen molar-refractivity contribution in [2.24, 2.45) is 0 Å². The van der Waals surface area contributed by atoms with E-state index in [-0.39, 0.29) is 29.7 Å². The molecule has 1 N–H and O–H groups in total. The molecule has 10 heteroatoms. The van der Waals surface area contributed by atoms with E-state index < -0.39 is 15.7 Å². The van der Waals surface area contributed by atoms with Gasteiger partial charge >= 0.3 is 0 Å². The zero-order chi connectivity index (χ0) is 22.2. The van der Waals surface area contributed by atoms with Crippen molar-refractivity contribution < 1.29 is 27.1 Å². The highest BCUT2D eigenvalue weighted by atomic mass is 32.2. The summed E-state index contributed by atoms with van der Waals surface area (Å²) in [5.74, 6) is 0.130. The number of methoxy groups -OCH3 is 2. The SMILES string of the molecule is COc1ccc(CC(=O)Nc2c3c(nn2-c2ccc(F)cc2)CS(=O)(=O)C3)cc1OC. The van der Waals surface area contributed by atoms with Crippen LogP contribution in [0.3, 0.4) is 0 Å². The number of anilines is 1. The van der Waals surface area contributed by atoms with Crippen LogP contribution in [0, 0.1) is 5.82 Å². The Bertz CT molecular complexity index is 1250. The van der Waals surface area contributed by atoms with Gasteiger partial charge in [0.25, 0.3) is 0 Å². The molecule has 0 spiro atoms. The van der Waals surface area contributed by atoms with Gasteiger partial charge in [-0.3, -0.25) is 4.79 Å². The fraction of sp³-hybridized carbons (Fsp3) is 0.238. The van der Waals surface area contributed by atoms with Gasteiger partial charge in [0, 0.05) is 5.56 Å². The Hall–Kier alpha value is -3.40. The van der Waals surface area contributed by atoms with Gasteiger partial charge in [-0.15, -0.1) is 0 Å². The summed E-state index contributed by atoms with van der Waals surface area (Å²) in [4.78, 5) is 12.8. The number of carbonyl (C=O) groups is 1. The summed E-state index contributed by atoms with van der Waals surface area (Å²) in [5, 5.41) is 7.15. The molecule has 0 bridgehead atoms. The highest BCUT2D eigenvalue weighted by molar-refractivity contribution is 7.90. The number of rotatable bonds is 6. The zero-order valence-corrected chi connectivity index (χ0v) is 17.7. The van der Waals surface area contributed by atoms with Crippen molar-refractivity contribution in [1.82, 2.24) is 9.78 Å². The van der Waals surface area contributed by atoms with Crippen molar-refractivity contribution in [2.45, 2.75) is 17.9 Å². The second-order valence-electron chi connectivity index (χ2n) is 7.11. The normalized spacial score (nSPS) is 14.2. The smallest absolute Gasteiger partial charge is 0.229 e. The van der Waals surface area contributed by atoms with Crippen molar-refractivity contribution in [1.29, 1.82) is 0 Å². The predicted molar refractivity (Wildman–Crippen MR) is 112 cm³/mol. The molecule has 0 radical (unpaired) electrons. The van der Waals surface area contributed by atoms with Crippen LogP contribution in [-0.4, -0.2) is 38.3 Å². The predicted octanol–water partition coefficient (Wildman–Crippen LogP) is 2.64. The number of amides is 1. The minimum absolute atomic E-state index is 0.0243. The molecule has 8 nitrogen and oxygen atoms in total. The van der Waals surface area contributed by atoms with Gasteiger partial charge in [0.1, 0.15) is 11.6 Å². The quantitative estimate of drug-likeness (QED) is 0.626. The van der Waals surface area contributed by atoms with E-state index in [0.29, 0.717) is 34.0 Å². The first-order chi connectivity index (χ1) is 14.8. The molecule has 31 heavy (non-hydrogen) atoms. The van der Waals surface area contributed by atoms with E-state index in [2.05, 4.69) is 10.4 Å². The molecule has 0 saturated carbocycles. The molecule has 2 aromatic carbocycles. The molecule has 0 fully saturated rings. The minimum Gasteiger partial charge on any atom is -0.493 e. The standard InChI is InChI=1S/C21H20FN3O5S/c1-29-18-8-3-13(9-19(18)30-2)10-20(26)23-21-16-11-31(27,28)12-17(16)24-25(21)15-6-4-14(22)5-7-15/h3-9H,10-12H2,1-2H3,(H,23,26). The molecular formula is C21H20FN3O5S. The Labute approximate surface area is 178 Å². The van der Waals surface area contributed by atoms with Gasteiger partial charge in [-0.2, -0.15) is 5.10 Å². The zero-order valence-electron chi connectivity index (χ0n) is 16.9. The molecule has 1 aliphatic heterocycles. The number of nitrogens with one attached hydrogen (secondary N) is 1. The van der Waals surface area contributed by atoms with Gasteiger partial charge < -0.3 is 14.8 Å². The highest BCUT2D eigenvalue weighted by Crippen LogP contribution is 2.33. The van der Waals surface area contributed by atoms with Crippen molar-refractivity contribution in [2.75, 3.05) is 19.5 Å². The van der Waals surface area contributed by atoms with Gasteiger partial charge in [0.05, 0.1) is 43.5 Å². The maximum Gasteiger partial charge on any atom is 0.229 e. The third-order valence-corrected chi connectivity index (χ3v) is 6.37. The van der Waals surface area contributed by atoms with Crippen molar-refractivity contribution in [3.05, 3.63) is 65.1 Å². The summed E-state index contributed by atoms with van der Waals surface area (Å²) in [7, 11) is -0.289. The molecule has 2 heterocycles. The van der Waals surface area contributed by atoms with E-state index in [0.717, 1.165) is 0 Å². The second kappa shape index (κ2) is 8.03. The van der Waals surface area contributed by atoms with E-state index in [9.17, 15) is 17.6 Å². The van der Waals surface area contributed by atoms with Gasteiger partial charge in [-0.25, -0.2) is 17.5 Å². The number of carbonyl (C=O) groups excluding carboxylic acids is 1. The summed E-state index contributed by atoms with van der Waals surface area (Å²) in [6.07, 6.45) is 0.0243. The molecule has 0 aliphatic carbocycles. The molecule has 162 valence electrons. The number of hydrogen-bond donors (Lipinski definition) is 1. The number of ether oxygens (including phenoxy) is 2. The van der Waals surface area contributed by atoms with Crippen LogP contribution in [0.1, 0.15) is 16.8 Å². The molecule has 1 aliphatic rings. The van der Waals surface area contributed by atoms with Gasteiger partial charge in [-0.05, 0) is 42.0 Å². The van der Waals surface area contributed by atoms with Crippen LogP contribution in [0.15, 0.2) is 42.5 Å². The Morgan fingerprint density at radius 2 is 1.81 bits per heavy atom. The van der Waals surface area contributed by atoms with E-state index in [4.69, 9.17) is 9.47 Å². The molecular weight excluding hydrogens is 425 g/mol. The number of aromatic nitrogens is 2. The topological polar surface area (TPSA) is 99.5 Å². The maximum absolute atomic E-state index is 13.3. The average Bonchev–Trinajstić information content (AvgIpc) is 3.20. The maximum atomic E-state index is 13.3. The van der Waals surface area contributed by atoms with Crippen LogP contribution >= 0.6 is 0 Å². The summed E-state index contributed by atoms with van der Waals surface area (Å²) in [6.45, 7) is 0. The lowest BCUT2D eigenvalue weighted by atomic mass is 10.1. The number of fused-ring (bicyclic) bond motifs is 1. The minimum atomic E-state index is -3.32. The Morgan fingerprint density at radius 3 is 2.48 bits per heavy atom. The summed E-state index contributed by atoms with van der Waals surface area (Å²) < 4.78 is 49.4. The average molecular weight is 445 g/mol. The molecule has 0 unspecified atom stereocenters. The monoisotopic (exact) mass is 445 g/mol. The summed E-state index contributed by atoms with van der Waals surface area (Å²) >= 11 is 0. The number of benzene rings is 2.